The van der Waals surface area contributed by atoms with E-state index in [0.29, 0.717) is 24.5 Å². The second-order valence-electron chi connectivity index (χ2n) is 4.05. The van der Waals surface area contributed by atoms with E-state index < -0.39 is 18.2 Å². The number of methoxy groups -OCH3 is 1. The van der Waals surface area contributed by atoms with Gasteiger partial charge in [-0.15, -0.1) is 0 Å². The van der Waals surface area contributed by atoms with Gasteiger partial charge in [-0.2, -0.15) is 0 Å². The van der Waals surface area contributed by atoms with E-state index in [1.807, 2.05) is 0 Å². The first-order valence-electron chi connectivity index (χ1n) is 6.34. The summed E-state index contributed by atoms with van der Waals surface area (Å²) in [6, 6.07) is 6.45. The van der Waals surface area contributed by atoms with Gasteiger partial charge in [-0.1, -0.05) is 12.1 Å². The third-order valence-corrected chi connectivity index (χ3v) is 2.60. The smallest absolute Gasteiger partial charge is 0.338 e. The Kier molecular flexibility index (Phi) is 7.00. The largest absolute Gasteiger partial charge is 0.491 e. The van der Waals surface area contributed by atoms with Gasteiger partial charge in [0.15, 0.2) is 6.10 Å². The molecule has 0 aliphatic carbocycles. The van der Waals surface area contributed by atoms with E-state index in [-0.39, 0.29) is 6.61 Å². The minimum Gasteiger partial charge on any atom is -0.491 e. The zero-order chi connectivity index (χ0) is 15.0. The van der Waals surface area contributed by atoms with Crippen molar-refractivity contribution in [3.05, 3.63) is 29.8 Å². The topological polar surface area (TPSA) is 85.2 Å². The van der Waals surface area contributed by atoms with Crippen LogP contribution in [0.5, 0.6) is 5.75 Å². The third kappa shape index (κ3) is 4.80. The van der Waals surface area contributed by atoms with E-state index in [9.17, 15) is 15.0 Å². The highest BCUT2D eigenvalue weighted by Crippen LogP contribution is 2.21. The summed E-state index contributed by atoms with van der Waals surface area (Å²) in [5.41, 5.74) is 0.407. The molecule has 6 heteroatoms. The van der Waals surface area contributed by atoms with Crippen LogP contribution in [0.3, 0.4) is 0 Å². The molecule has 0 bridgehead atoms. The minimum atomic E-state index is -1.60. The summed E-state index contributed by atoms with van der Waals surface area (Å²) in [6.07, 6.45) is -2.93. The molecule has 0 radical (unpaired) electrons. The molecule has 6 nitrogen and oxygen atoms in total. The Balaban J connectivity index is 2.60. The first kappa shape index (κ1) is 16.4. The fraction of sp³-hybridized carbons (Fsp3) is 0.500. The number of hydrogen-bond acceptors (Lipinski definition) is 6. The summed E-state index contributed by atoms with van der Waals surface area (Å²) in [5, 5.41) is 19.5. The van der Waals surface area contributed by atoms with Gasteiger partial charge in [0.2, 0.25) is 0 Å². The molecule has 2 unspecified atom stereocenters. The predicted octanol–water partition coefficient (Wildman–Crippen LogP) is 0.669. The van der Waals surface area contributed by atoms with E-state index in [0.717, 1.165) is 0 Å². The quantitative estimate of drug-likeness (QED) is 0.539. The molecular formula is C14H20O6. The van der Waals surface area contributed by atoms with Gasteiger partial charge in [-0.3, -0.25) is 0 Å². The van der Waals surface area contributed by atoms with Gasteiger partial charge in [0.25, 0.3) is 0 Å². The molecule has 0 aliphatic heterocycles. The van der Waals surface area contributed by atoms with Crippen LogP contribution in [-0.2, 0) is 14.3 Å². The zero-order valence-electron chi connectivity index (χ0n) is 11.6. The molecule has 2 atom stereocenters. The molecule has 0 amide bonds. The summed E-state index contributed by atoms with van der Waals surface area (Å²) in [7, 11) is 1.58. The highest BCUT2D eigenvalue weighted by atomic mass is 16.5. The first-order valence-corrected chi connectivity index (χ1v) is 6.34. The lowest BCUT2D eigenvalue weighted by Gasteiger charge is -2.17. The van der Waals surface area contributed by atoms with Crippen molar-refractivity contribution in [3.8, 4) is 5.75 Å². The monoisotopic (exact) mass is 284 g/mol. The third-order valence-electron chi connectivity index (χ3n) is 2.60. The molecule has 112 valence electrons. The molecule has 1 aromatic rings. The molecule has 0 heterocycles. The molecule has 20 heavy (non-hydrogen) atoms. The Morgan fingerprint density at radius 1 is 1.20 bits per heavy atom. The van der Waals surface area contributed by atoms with E-state index in [4.69, 9.17) is 9.47 Å². The number of ether oxygens (including phenoxy) is 3. The van der Waals surface area contributed by atoms with Crippen molar-refractivity contribution in [3.63, 3.8) is 0 Å². The van der Waals surface area contributed by atoms with Crippen LogP contribution in [0.1, 0.15) is 18.6 Å². The second kappa shape index (κ2) is 8.52. The molecule has 0 aliphatic rings. The van der Waals surface area contributed by atoms with Gasteiger partial charge in [0.05, 0.1) is 13.2 Å². The number of carbonyl (C=O) groups is 1. The zero-order valence-corrected chi connectivity index (χ0v) is 11.6. The summed E-state index contributed by atoms with van der Waals surface area (Å²) in [6.45, 7) is 2.67. The van der Waals surface area contributed by atoms with E-state index >= 15 is 0 Å². The van der Waals surface area contributed by atoms with Crippen molar-refractivity contribution < 1.29 is 29.2 Å². The number of carbonyl (C=O) groups excluding carboxylic acids is 1. The molecule has 1 rings (SSSR count). The number of aliphatic hydroxyl groups is 2. The summed E-state index contributed by atoms with van der Waals surface area (Å²) in [5.74, 6) is -0.232. The number of rotatable bonds is 8. The Bertz CT molecular complexity index is 403. The highest BCUT2D eigenvalue weighted by molar-refractivity contribution is 5.75. The van der Waals surface area contributed by atoms with Crippen molar-refractivity contribution in [2.45, 2.75) is 19.1 Å². The van der Waals surface area contributed by atoms with Gasteiger partial charge < -0.3 is 24.4 Å². The van der Waals surface area contributed by atoms with Crippen LogP contribution >= 0.6 is 0 Å². The number of esters is 1. The van der Waals surface area contributed by atoms with Gasteiger partial charge in [0.1, 0.15) is 18.5 Å². The van der Waals surface area contributed by atoms with Crippen LogP contribution in [0.4, 0.5) is 0 Å². The standard InChI is InChI=1S/C14H20O6/c1-3-19-14(17)13(16)12(15)10-4-6-11(7-5-10)20-9-8-18-2/h4-7,12-13,15-16H,3,8-9H2,1-2H3. The maximum atomic E-state index is 11.3. The Morgan fingerprint density at radius 3 is 2.40 bits per heavy atom. The molecule has 0 saturated heterocycles. The normalized spacial score (nSPS) is 13.6. The van der Waals surface area contributed by atoms with E-state index in [1.165, 1.54) is 0 Å². The van der Waals surface area contributed by atoms with Crippen molar-refractivity contribution in [2.75, 3.05) is 26.9 Å². The van der Waals surface area contributed by atoms with Crippen molar-refractivity contribution in [2.24, 2.45) is 0 Å². The molecule has 2 N–H and O–H groups in total. The number of aliphatic hydroxyl groups excluding tert-OH is 2. The molecule has 0 fully saturated rings. The predicted molar refractivity (Wildman–Crippen MR) is 71.4 cm³/mol. The Morgan fingerprint density at radius 2 is 1.85 bits per heavy atom. The lowest BCUT2D eigenvalue weighted by molar-refractivity contribution is -0.159. The average Bonchev–Trinajstić information content (AvgIpc) is 2.47. The van der Waals surface area contributed by atoms with Crippen molar-refractivity contribution >= 4 is 5.97 Å². The van der Waals surface area contributed by atoms with Gasteiger partial charge in [-0.25, -0.2) is 4.79 Å². The molecule has 0 saturated carbocycles. The van der Waals surface area contributed by atoms with Crippen LogP contribution in [0.25, 0.3) is 0 Å². The fourth-order valence-corrected chi connectivity index (χ4v) is 1.54. The van der Waals surface area contributed by atoms with Gasteiger partial charge in [0, 0.05) is 7.11 Å². The highest BCUT2D eigenvalue weighted by Gasteiger charge is 2.26. The van der Waals surface area contributed by atoms with Crippen molar-refractivity contribution in [1.29, 1.82) is 0 Å². The fourth-order valence-electron chi connectivity index (χ4n) is 1.54. The lowest BCUT2D eigenvalue weighted by atomic mass is 10.0. The maximum absolute atomic E-state index is 11.3. The van der Waals surface area contributed by atoms with Gasteiger partial charge in [-0.05, 0) is 24.6 Å². The number of benzene rings is 1. The Hall–Kier alpha value is -1.63. The molecular weight excluding hydrogens is 264 g/mol. The first-order chi connectivity index (χ1) is 9.60. The second-order valence-corrected chi connectivity index (χ2v) is 4.05. The lowest BCUT2D eigenvalue weighted by Crippen LogP contribution is -2.29. The maximum Gasteiger partial charge on any atom is 0.338 e. The van der Waals surface area contributed by atoms with E-state index in [1.54, 1.807) is 38.3 Å². The van der Waals surface area contributed by atoms with Crippen molar-refractivity contribution in [1.82, 2.24) is 0 Å². The molecule has 0 aromatic heterocycles. The van der Waals surface area contributed by atoms with Crippen LogP contribution in [-0.4, -0.2) is 49.2 Å². The van der Waals surface area contributed by atoms with Crippen LogP contribution in [0.2, 0.25) is 0 Å². The summed E-state index contributed by atoms with van der Waals surface area (Å²) in [4.78, 5) is 11.3. The van der Waals surface area contributed by atoms with Crippen LogP contribution in [0.15, 0.2) is 24.3 Å². The van der Waals surface area contributed by atoms with E-state index in [2.05, 4.69) is 4.74 Å². The summed E-state index contributed by atoms with van der Waals surface area (Å²) >= 11 is 0. The SMILES string of the molecule is CCOC(=O)C(O)C(O)c1ccc(OCCOC)cc1. The Labute approximate surface area is 117 Å². The summed E-state index contributed by atoms with van der Waals surface area (Å²) < 4.78 is 14.9. The van der Waals surface area contributed by atoms with Crippen LogP contribution < -0.4 is 4.74 Å². The molecule has 0 spiro atoms. The molecule has 1 aromatic carbocycles. The minimum absolute atomic E-state index is 0.148. The van der Waals surface area contributed by atoms with Crippen LogP contribution in [0, 0.1) is 0 Å². The van der Waals surface area contributed by atoms with Gasteiger partial charge >= 0.3 is 5.97 Å². The average molecular weight is 284 g/mol. The number of hydrogen-bond donors (Lipinski definition) is 2.